The van der Waals surface area contributed by atoms with Crippen LogP contribution in [0.4, 0.5) is 5.69 Å². The summed E-state index contributed by atoms with van der Waals surface area (Å²) in [5.74, 6) is -1.60. The fourth-order valence-electron chi connectivity index (χ4n) is 3.51. The first-order valence-electron chi connectivity index (χ1n) is 8.38. The van der Waals surface area contributed by atoms with Gasteiger partial charge in [0.15, 0.2) is 0 Å². The zero-order valence-corrected chi connectivity index (χ0v) is 14.6. The summed E-state index contributed by atoms with van der Waals surface area (Å²) in [6.45, 7) is -0.0336. The number of imide groups is 1. The number of likely N-dealkylation sites (tertiary alicyclic amines) is 1. The Morgan fingerprint density at radius 3 is 2.38 bits per heavy atom. The standard InChI is InChI=1S/C17H17ClN2O6/c18-13-9-10(20(24)25)5-6-14(13)26-15(21)7-8-19-16(22)11-3-1-2-4-12(11)17(19)23/h5-6,9,11-12H,1-4,7-8H2/t11-,12-/m0/s1. The highest BCUT2D eigenvalue weighted by Gasteiger charge is 2.47. The van der Waals surface area contributed by atoms with Crippen molar-refractivity contribution in [2.75, 3.05) is 6.54 Å². The maximum atomic E-state index is 12.3. The first kappa shape index (κ1) is 18.3. The summed E-state index contributed by atoms with van der Waals surface area (Å²) in [7, 11) is 0. The molecule has 1 aliphatic heterocycles. The van der Waals surface area contributed by atoms with E-state index in [1.54, 1.807) is 0 Å². The smallest absolute Gasteiger partial charge is 0.313 e. The number of hydrogen-bond acceptors (Lipinski definition) is 6. The normalized spacial score (nSPS) is 22.3. The zero-order chi connectivity index (χ0) is 18.8. The molecule has 0 spiro atoms. The predicted molar refractivity (Wildman–Crippen MR) is 90.5 cm³/mol. The third-order valence-electron chi connectivity index (χ3n) is 4.82. The first-order valence-corrected chi connectivity index (χ1v) is 8.76. The molecule has 0 bridgehead atoms. The summed E-state index contributed by atoms with van der Waals surface area (Å²) in [5.41, 5.74) is -0.217. The maximum absolute atomic E-state index is 12.3. The molecule has 0 unspecified atom stereocenters. The molecule has 9 heteroatoms. The predicted octanol–water partition coefficient (Wildman–Crippen LogP) is 2.72. The van der Waals surface area contributed by atoms with Crippen molar-refractivity contribution in [1.29, 1.82) is 0 Å². The van der Waals surface area contributed by atoms with Crippen molar-refractivity contribution in [3.05, 3.63) is 33.3 Å². The third kappa shape index (κ3) is 3.55. The Kier molecular flexibility index (Phi) is 5.22. The van der Waals surface area contributed by atoms with E-state index in [9.17, 15) is 24.5 Å². The van der Waals surface area contributed by atoms with Gasteiger partial charge in [-0.25, -0.2) is 0 Å². The van der Waals surface area contributed by atoms with E-state index in [2.05, 4.69) is 0 Å². The Hall–Kier alpha value is -2.48. The molecule has 0 aromatic heterocycles. The lowest BCUT2D eigenvalue weighted by Gasteiger charge is -2.19. The molecule has 0 radical (unpaired) electrons. The van der Waals surface area contributed by atoms with Gasteiger partial charge in [-0.1, -0.05) is 24.4 Å². The van der Waals surface area contributed by atoms with Gasteiger partial charge in [0.2, 0.25) is 11.8 Å². The van der Waals surface area contributed by atoms with E-state index >= 15 is 0 Å². The van der Waals surface area contributed by atoms with E-state index in [0.717, 1.165) is 23.8 Å². The molecular formula is C17H17ClN2O6. The summed E-state index contributed by atoms with van der Waals surface area (Å²) < 4.78 is 5.09. The summed E-state index contributed by atoms with van der Waals surface area (Å²) >= 11 is 5.87. The van der Waals surface area contributed by atoms with Crippen LogP contribution in [0.5, 0.6) is 5.75 Å². The average Bonchev–Trinajstić information content (AvgIpc) is 2.86. The average molecular weight is 381 g/mol. The maximum Gasteiger partial charge on any atom is 0.313 e. The van der Waals surface area contributed by atoms with Gasteiger partial charge in [-0.05, 0) is 18.9 Å². The topological polar surface area (TPSA) is 107 Å². The van der Waals surface area contributed by atoms with Crippen molar-refractivity contribution in [1.82, 2.24) is 4.90 Å². The number of non-ortho nitro benzene ring substituents is 1. The van der Waals surface area contributed by atoms with Crippen molar-refractivity contribution in [3.63, 3.8) is 0 Å². The van der Waals surface area contributed by atoms with Crippen LogP contribution in [0.25, 0.3) is 0 Å². The van der Waals surface area contributed by atoms with Gasteiger partial charge in [0.05, 0.1) is 28.2 Å². The number of carbonyl (C=O) groups excluding carboxylic acids is 3. The van der Waals surface area contributed by atoms with Crippen molar-refractivity contribution in [2.24, 2.45) is 11.8 Å². The van der Waals surface area contributed by atoms with Gasteiger partial charge in [0, 0.05) is 18.7 Å². The van der Waals surface area contributed by atoms with Crippen molar-refractivity contribution >= 4 is 35.1 Å². The van der Waals surface area contributed by atoms with Crippen LogP contribution in [0, 0.1) is 22.0 Å². The molecule has 3 rings (SSSR count). The summed E-state index contributed by atoms with van der Waals surface area (Å²) in [6, 6.07) is 3.49. The Morgan fingerprint density at radius 2 is 1.85 bits per heavy atom. The lowest BCUT2D eigenvalue weighted by molar-refractivity contribution is -0.384. The number of nitro groups is 1. The minimum absolute atomic E-state index is 0.00462. The molecule has 1 aromatic carbocycles. The highest BCUT2D eigenvalue weighted by atomic mass is 35.5. The SMILES string of the molecule is O=C(CCN1C(=O)[C@H]2CCCC[C@@H]2C1=O)Oc1ccc([N+](=O)[O-])cc1Cl. The van der Waals surface area contributed by atoms with Gasteiger partial charge >= 0.3 is 5.97 Å². The van der Waals surface area contributed by atoms with Crippen LogP contribution in [0.15, 0.2) is 18.2 Å². The van der Waals surface area contributed by atoms with Crippen molar-refractivity contribution < 1.29 is 24.0 Å². The van der Waals surface area contributed by atoms with Gasteiger partial charge in [-0.2, -0.15) is 0 Å². The molecule has 2 fully saturated rings. The second kappa shape index (κ2) is 7.41. The van der Waals surface area contributed by atoms with Crippen LogP contribution in [-0.2, 0) is 14.4 Å². The Balaban J connectivity index is 1.58. The van der Waals surface area contributed by atoms with Gasteiger partial charge in [0.25, 0.3) is 5.69 Å². The van der Waals surface area contributed by atoms with Crippen LogP contribution in [0.3, 0.4) is 0 Å². The van der Waals surface area contributed by atoms with Gasteiger partial charge < -0.3 is 4.74 Å². The van der Waals surface area contributed by atoms with E-state index in [1.165, 1.54) is 12.1 Å². The second-order valence-electron chi connectivity index (χ2n) is 6.42. The van der Waals surface area contributed by atoms with E-state index < -0.39 is 10.9 Å². The molecule has 2 atom stereocenters. The van der Waals surface area contributed by atoms with E-state index in [1.807, 2.05) is 0 Å². The largest absolute Gasteiger partial charge is 0.425 e. The number of amides is 2. The molecule has 138 valence electrons. The monoisotopic (exact) mass is 380 g/mol. The molecular weight excluding hydrogens is 364 g/mol. The number of ether oxygens (including phenoxy) is 1. The molecule has 1 saturated heterocycles. The minimum Gasteiger partial charge on any atom is -0.425 e. The molecule has 8 nitrogen and oxygen atoms in total. The van der Waals surface area contributed by atoms with E-state index in [0.29, 0.717) is 12.8 Å². The van der Waals surface area contributed by atoms with Crippen LogP contribution in [0.2, 0.25) is 5.02 Å². The summed E-state index contributed by atoms with van der Waals surface area (Å²) in [4.78, 5) is 47.9. The quantitative estimate of drug-likeness (QED) is 0.255. The number of nitrogens with zero attached hydrogens (tertiary/aromatic N) is 2. The van der Waals surface area contributed by atoms with Crippen molar-refractivity contribution in [2.45, 2.75) is 32.1 Å². The second-order valence-corrected chi connectivity index (χ2v) is 6.83. The van der Waals surface area contributed by atoms with Crippen LogP contribution >= 0.6 is 11.6 Å². The molecule has 1 aliphatic carbocycles. The van der Waals surface area contributed by atoms with Gasteiger partial charge in [-0.3, -0.25) is 29.4 Å². The Labute approximate surface area is 154 Å². The lowest BCUT2D eigenvalue weighted by Crippen LogP contribution is -2.33. The Bertz CT molecular complexity index is 757. The zero-order valence-electron chi connectivity index (χ0n) is 13.9. The van der Waals surface area contributed by atoms with Crippen LogP contribution in [-0.4, -0.2) is 34.2 Å². The van der Waals surface area contributed by atoms with E-state index in [-0.39, 0.29) is 53.1 Å². The van der Waals surface area contributed by atoms with Crippen LogP contribution < -0.4 is 4.74 Å². The molecule has 2 aliphatic rings. The number of fused-ring (bicyclic) bond motifs is 1. The van der Waals surface area contributed by atoms with Gasteiger partial charge in [-0.15, -0.1) is 0 Å². The summed E-state index contributed by atoms with van der Waals surface area (Å²) in [6.07, 6.45) is 3.15. The molecule has 1 aromatic rings. The number of esters is 1. The number of rotatable bonds is 5. The number of carbonyl (C=O) groups is 3. The third-order valence-corrected chi connectivity index (χ3v) is 5.12. The highest BCUT2D eigenvalue weighted by Crippen LogP contribution is 2.38. The van der Waals surface area contributed by atoms with Gasteiger partial charge in [0.1, 0.15) is 5.75 Å². The first-order chi connectivity index (χ1) is 12.4. The van der Waals surface area contributed by atoms with Crippen molar-refractivity contribution in [3.8, 4) is 5.75 Å². The lowest BCUT2D eigenvalue weighted by atomic mass is 9.81. The highest BCUT2D eigenvalue weighted by molar-refractivity contribution is 6.32. The molecule has 26 heavy (non-hydrogen) atoms. The molecule has 0 N–H and O–H groups in total. The Morgan fingerprint density at radius 1 is 1.23 bits per heavy atom. The fraction of sp³-hybridized carbons (Fsp3) is 0.471. The molecule has 2 amide bonds. The molecule has 1 heterocycles. The number of benzene rings is 1. The molecule has 1 saturated carbocycles. The van der Waals surface area contributed by atoms with Crippen LogP contribution in [0.1, 0.15) is 32.1 Å². The number of halogens is 1. The minimum atomic E-state index is -0.670. The fourth-order valence-corrected chi connectivity index (χ4v) is 3.73. The summed E-state index contributed by atoms with van der Waals surface area (Å²) in [5, 5.41) is 10.6. The number of nitro benzene ring substituents is 1. The van der Waals surface area contributed by atoms with E-state index in [4.69, 9.17) is 16.3 Å². The number of hydrogen-bond donors (Lipinski definition) is 0.